The Morgan fingerprint density at radius 1 is 1.17 bits per heavy atom. The summed E-state index contributed by atoms with van der Waals surface area (Å²) < 4.78 is 20.5. The molecule has 0 atom stereocenters. The topological polar surface area (TPSA) is 60.2 Å². The van der Waals surface area contributed by atoms with Crippen molar-refractivity contribution in [2.75, 3.05) is 12.0 Å². The minimum absolute atomic E-state index is 0.240. The molecule has 0 saturated carbocycles. The van der Waals surface area contributed by atoms with Gasteiger partial charge in [-0.15, -0.1) is 5.10 Å². The van der Waals surface area contributed by atoms with Gasteiger partial charge in [-0.1, -0.05) is 23.4 Å². The first kappa shape index (κ1) is 14.7. The molecule has 1 heterocycles. The Balaban J connectivity index is 2.04. The van der Waals surface area contributed by atoms with Crippen LogP contribution < -0.4 is 4.90 Å². The van der Waals surface area contributed by atoms with Gasteiger partial charge in [0.05, 0.1) is 30.9 Å². The summed E-state index contributed by atoms with van der Waals surface area (Å²) in [6.07, 6.45) is 2.38. The number of ether oxygens (including phenoxy) is 1. The summed E-state index contributed by atoms with van der Waals surface area (Å²) in [5, 5.41) is 7.40. The first-order valence-corrected chi connectivity index (χ1v) is 6.80. The molecule has 3 rings (SSSR count). The highest BCUT2D eigenvalue weighted by atomic mass is 19.1. The van der Waals surface area contributed by atoms with Crippen molar-refractivity contribution in [1.29, 1.82) is 0 Å². The Labute approximate surface area is 131 Å². The summed E-state index contributed by atoms with van der Waals surface area (Å²) in [6, 6.07) is 13.3. The Bertz CT molecular complexity index is 806. The molecule has 3 aromatic rings. The standard InChI is InChI=1S/C16H13FN4O2/c1-23-16(22)21(12-5-3-2-4-6-12)13-7-8-15(14(17)11-13)20-10-9-18-19-20/h2-11H,1H3. The van der Waals surface area contributed by atoms with Gasteiger partial charge in [0.1, 0.15) is 5.69 Å². The summed E-state index contributed by atoms with van der Waals surface area (Å²) in [6.45, 7) is 0. The molecule has 0 saturated heterocycles. The molecule has 7 heteroatoms. The van der Waals surface area contributed by atoms with Crippen molar-refractivity contribution in [2.24, 2.45) is 0 Å². The predicted molar refractivity (Wildman–Crippen MR) is 82.3 cm³/mol. The molecule has 0 aliphatic heterocycles. The van der Waals surface area contributed by atoms with Gasteiger partial charge in [-0.2, -0.15) is 0 Å². The van der Waals surface area contributed by atoms with Crippen LogP contribution in [0, 0.1) is 5.82 Å². The molecule has 0 fully saturated rings. The molecular formula is C16H13FN4O2. The lowest BCUT2D eigenvalue weighted by molar-refractivity contribution is 0.181. The smallest absolute Gasteiger partial charge is 0.418 e. The maximum Gasteiger partial charge on any atom is 0.418 e. The van der Waals surface area contributed by atoms with Crippen LogP contribution in [0.1, 0.15) is 0 Å². The van der Waals surface area contributed by atoms with Crippen molar-refractivity contribution in [3.05, 3.63) is 66.7 Å². The van der Waals surface area contributed by atoms with Crippen molar-refractivity contribution in [1.82, 2.24) is 15.0 Å². The van der Waals surface area contributed by atoms with Gasteiger partial charge in [-0.25, -0.2) is 18.8 Å². The van der Waals surface area contributed by atoms with Crippen LogP contribution in [0.5, 0.6) is 0 Å². The van der Waals surface area contributed by atoms with Crippen LogP contribution in [-0.2, 0) is 4.74 Å². The van der Waals surface area contributed by atoms with Crippen LogP contribution >= 0.6 is 0 Å². The average Bonchev–Trinajstić information content (AvgIpc) is 3.10. The maximum absolute atomic E-state index is 14.4. The van der Waals surface area contributed by atoms with E-state index in [1.165, 1.54) is 41.2 Å². The van der Waals surface area contributed by atoms with Crippen molar-refractivity contribution in [2.45, 2.75) is 0 Å². The van der Waals surface area contributed by atoms with Gasteiger partial charge in [0.2, 0.25) is 0 Å². The molecular weight excluding hydrogens is 299 g/mol. The Kier molecular flexibility index (Phi) is 4.01. The molecule has 6 nitrogen and oxygen atoms in total. The van der Waals surface area contributed by atoms with Gasteiger partial charge in [-0.3, -0.25) is 0 Å². The zero-order valence-electron chi connectivity index (χ0n) is 12.3. The number of benzene rings is 2. The van der Waals surface area contributed by atoms with Gasteiger partial charge >= 0.3 is 6.09 Å². The number of nitrogens with zero attached hydrogens (tertiary/aromatic N) is 4. The molecule has 1 amide bonds. The highest BCUT2D eigenvalue weighted by molar-refractivity contribution is 5.96. The van der Waals surface area contributed by atoms with Crippen molar-refractivity contribution in [3.8, 4) is 5.69 Å². The minimum atomic E-state index is -0.607. The lowest BCUT2D eigenvalue weighted by Gasteiger charge is -2.21. The van der Waals surface area contributed by atoms with E-state index in [0.717, 1.165) is 0 Å². The lowest BCUT2D eigenvalue weighted by Crippen LogP contribution is -2.25. The summed E-state index contributed by atoms with van der Waals surface area (Å²) in [5.41, 5.74) is 1.17. The van der Waals surface area contributed by atoms with Crippen molar-refractivity contribution in [3.63, 3.8) is 0 Å². The number of aromatic nitrogens is 3. The second kappa shape index (κ2) is 6.27. The molecule has 0 aliphatic carbocycles. The largest absolute Gasteiger partial charge is 0.452 e. The van der Waals surface area contributed by atoms with E-state index < -0.39 is 11.9 Å². The Morgan fingerprint density at radius 2 is 1.96 bits per heavy atom. The van der Waals surface area contributed by atoms with Gasteiger partial charge in [-0.05, 0) is 24.3 Å². The highest BCUT2D eigenvalue weighted by Crippen LogP contribution is 2.28. The number of amides is 1. The molecule has 0 N–H and O–H groups in total. The molecule has 23 heavy (non-hydrogen) atoms. The van der Waals surface area contributed by atoms with Crippen LogP contribution in [0.15, 0.2) is 60.9 Å². The lowest BCUT2D eigenvalue weighted by atomic mass is 10.2. The van der Waals surface area contributed by atoms with E-state index in [0.29, 0.717) is 11.4 Å². The monoisotopic (exact) mass is 312 g/mol. The average molecular weight is 312 g/mol. The molecule has 0 bridgehead atoms. The van der Waals surface area contributed by atoms with Crippen LogP contribution in [0.25, 0.3) is 5.69 Å². The summed E-state index contributed by atoms with van der Waals surface area (Å²) >= 11 is 0. The van der Waals surface area contributed by atoms with Gasteiger partial charge in [0.15, 0.2) is 5.82 Å². The molecule has 0 spiro atoms. The van der Waals surface area contributed by atoms with Crippen molar-refractivity contribution >= 4 is 17.5 Å². The number of para-hydroxylation sites is 1. The predicted octanol–water partition coefficient (Wildman–Crippen LogP) is 3.31. The SMILES string of the molecule is COC(=O)N(c1ccccc1)c1ccc(-n2ccnn2)c(F)c1. The Hall–Kier alpha value is -3.22. The molecule has 2 aromatic carbocycles. The first-order chi connectivity index (χ1) is 11.2. The molecule has 0 aliphatic rings. The quantitative estimate of drug-likeness (QED) is 0.744. The second-order valence-electron chi connectivity index (χ2n) is 4.62. The normalized spacial score (nSPS) is 10.3. The highest BCUT2D eigenvalue weighted by Gasteiger charge is 2.20. The second-order valence-corrected chi connectivity index (χ2v) is 4.62. The fourth-order valence-corrected chi connectivity index (χ4v) is 2.19. The third-order valence-corrected chi connectivity index (χ3v) is 3.23. The number of halogens is 1. The number of carbonyl (C=O) groups excluding carboxylic acids is 1. The fourth-order valence-electron chi connectivity index (χ4n) is 2.19. The maximum atomic E-state index is 14.4. The first-order valence-electron chi connectivity index (χ1n) is 6.80. The van der Waals surface area contributed by atoms with E-state index in [9.17, 15) is 9.18 Å². The molecule has 0 unspecified atom stereocenters. The molecule has 1 aromatic heterocycles. The van der Waals surface area contributed by atoms with E-state index in [1.807, 2.05) is 6.07 Å². The number of methoxy groups -OCH3 is 1. The van der Waals surface area contributed by atoms with Crippen LogP contribution in [0.4, 0.5) is 20.6 Å². The summed E-state index contributed by atoms with van der Waals surface area (Å²) in [5.74, 6) is -0.530. The van der Waals surface area contributed by atoms with E-state index >= 15 is 0 Å². The van der Waals surface area contributed by atoms with Crippen LogP contribution in [-0.4, -0.2) is 28.2 Å². The van der Waals surface area contributed by atoms with E-state index in [2.05, 4.69) is 10.3 Å². The van der Waals surface area contributed by atoms with Crippen molar-refractivity contribution < 1.29 is 13.9 Å². The summed E-state index contributed by atoms with van der Waals surface area (Å²) in [4.78, 5) is 13.4. The number of hydrogen-bond acceptors (Lipinski definition) is 4. The van der Waals surface area contributed by atoms with E-state index in [4.69, 9.17) is 4.74 Å². The fraction of sp³-hybridized carbons (Fsp3) is 0.0625. The number of hydrogen-bond donors (Lipinski definition) is 0. The van der Waals surface area contributed by atoms with Gasteiger partial charge in [0, 0.05) is 6.07 Å². The van der Waals surface area contributed by atoms with Crippen LogP contribution in [0.3, 0.4) is 0 Å². The number of anilines is 2. The third-order valence-electron chi connectivity index (χ3n) is 3.23. The van der Waals surface area contributed by atoms with Gasteiger partial charge in [0.25, 0.3) is 0 Å². The van der Waals surface area contributed by atoms with E-state index in [1.54, 1.807) is 30.3 Å². The van der Waals surface area contributed by atoms with Gasteiger partial charge < -0.3 is 4.74 Å². The van der Waals surface area contributed by atoms with Crippen LogP contribution in [0.2, 0.25) is 0 Å². The third kappa shape index (κ3) is 2.89. The Morgan fingerprint density at radius 3 is 2.57 bits per heavy atom. The molecule has 0 radical (unpaired) electrons. The van der Waals surface area contributed by atoms with E-state index in [-0.39, 0.29) is 5.69 Å². The zero-order valence-corrected chi connectivity index (χ0v) is 12.3. The number of carbonyl (C=O) groups is 1. The molecule has 116 valence electrons. The zero-order chi connectivity index (χ0) is 16.2. The number of rotatable bonds is 3. The summed E-state index contributed by atoms with van der Waals surface area (Å²) in [7, 11) is 1.28. The minimum Gasteiger partial charge on any atom is -0.452 e.